The Kier molecular flexibility index (Phi) is 14.1. The maximum atomic E-state index is 14.2. The van der Waals surface area contributed by atoms with Crippen molar-refractivity contribution in [2.24, 2.45) is 11.5 Å². The molecule has 0 spiro atoms. The third-order valence-corrected chi connectivity index (χ3v) is 10.8. The summed E-state index contributed by atoms with van der Waals surface area (Å²) in [6, 6.07) is 19.5. The van der Waals surface area contributed by atoms with E-state index >= 15 is 0 Å². The van der Waals surface area contributed by atoms with Gasteiger partial charge in [-0.25, -0.2) is 4.39 Å². The van der Waals surface area contributed by atoms with Gasteiger partial charge in [-0.2, -0.15) is 0 Å². The monoisotopic (exact) mass is 755 g/mol. The fourth-order valence-corrected chi connectivity index (χ4v) is 7.98. The van der Waals surface area contributed by atoms with Crippen molar-refractivity contribution in [1.29, 1.82) is 0 Å². The van der Waals surface area contributed by atoms with E-state index in [0.717, 1.165) is 24.2 Å². The predicted molar refractivity (Wildman–Crippen MR) is 201 cm³/mol. The quantitative estimate of drug-likeness (QED) is 0.282. The summed E-state index contributed by atoms with van der Waals surface area (Å²) in [4.78, 5) is 42.0. The van der Waals surface area contributed by atoms with E-state index in [1.165, 1.54) is 33.5 Å². The van der Waals surface area contributed by atoms with Gasteiger partial charge in [0.1, 0.15) is 11.9 Å². The largest absolute Gasteiger partial charge is 0.493 e. The SMILES string of the molecule is CCN1CCC(C(N)=O)(c2ccccc2)CC1C1(c2ccc(F)cc2)CCN(C(=O)c2cc(OC)c(OC)c(OC)c2)C1.Cl.NC(=O)C1CNCCO1. The van der Waals surface area contributed by atoms with E-state index in [-0.39, 0.29) is 42.0 Å². The average molecular weight is 756 g/mol. The molecule has 3 fully saturated rings. The highest BCUT2D eigenvalue weighted by Crippen LogP contribution is 2.49. The van der Waals surface area contributed by atoms with Gasteiger partial charge in [0.2, 0.25) is 17.6 Å². The number of rotatable bonds is 10. The van der Waals surface area contributed by atoms with Crippen LogP contribution in [0, 0.1) is 5.82 Å². The smallest absolute Gasteiger partial charge is 0.254 e. The van der Waals surface area contributed by atoms with Crippen LogP contribution in [-0.4, -0.2) is 107 Å². The number of morpholine rings is 1. The Morgan fingerprint density at radius 3 is 2.09 bits per heavy atom. The number of primary amides is 2. The second-order valence-electron chi connectivity index (χ2n) is 13.4. The molecule has 3 heterocycles. The van der Waals surface area contributed by atoms with E-state index in [0.29, 0.717) is 74.9 Å². The number of nitrogens with zero attached hydrogens (tertiary/aromatic N) is 2. The third kappa shape index (κ3) is 8.54. The zero-order valence-corrected chi connectivity index (χ0v) is 31.6. The van der Waals surface area contributed by atoms with Crippen LogP contribution in [0.5, 0.6) is 17.2 Å². The van der Waals surface area contributed by atoms with Gasteiger partial charge in [-0.1, -0.05) is 49.4 Å². The number of benzene rings is 3. The standard InChI is InChI=1S/C34H40FN3O5.C5H10N2O2.ClH/c1-5-37-17-15-33(32(36)40,24-9-7-6-8-10-24)21-29(37)34(25-11-13-26(35)14-12-25)16-18-38(22-34)31(39)23-19-27(41-2)30(43-4)28(20-23)42-3;6-5(8)4-3-7-1-2-9-4;/h6-14,19-20,29H,5,15-18,21-22H2,1-4H3,(H2,36,40);4,7H,1-3H2,(H2,6,8);1H. The number of methoxy groups -OCH3 is 3. The molecule has 3 aromatic carbocycles. The highest BCUT2D eigenvalue weighted by atomic mass is 35.5. The van der Waals surface area contributed by atoms with Crippen molar-refractivity contribution in [1.82, 2.24) is 15.1 Å². The number of carbonyl (C=O) groups is 3. The Bertz CT molecular complexity index is 1690. The first kappa shape index (κ1) is 41.3. The number of likely N-dealkylation sites (N-methyl/N-ethyl adjacent to an activating group) is 1. The van der Waals surface area contributed by atoms with Crippen LogP contribution >= 0.6 is 12.4 Å². The maximum absolute atomic E-state index is 14.2. The number of piperidine rings is 1. The molecule has 0 bridgehead atoms. The first-order valence-corrected chi connectivity index (χ1v) is 17.6. The summed E-state index contributed by atoms with van der Waals surface area (Å²) in [5.74, 6) is -0.0341. The average Bonchev–Trinajstić information content (AvgIpc) is 3.64. The van der Waals surface area contributed by atoms with E-state index in [1.54, 1.807) is 12.1 Å². The Balaban J connectivity index is 0.000000549. The van der Waals surface area contributed by atoms with Gasteiger partial charge in [-0.05, 0) is 67.7 Å². The van der Waals surface area contributed by atoms with E-state index in [4.69, 9.17) is 30.4 Å². The first-order chi connectivity index (χ1) is 25.0. The van der Waals surface area contributed by atoms with Crippen LogP contribution in [0.15, 0.2) is 66.7 Å². The van der Waals surface area contributed by atoms with Crippen LogP contribution in [0.2, 0.25) is 0 Å². The lowest BCUT2D eigenvalue weighted by molar-refractivity contribution is -0.130. The molecule has 288 valence electrons. The second kappa shape index (κ2) is 18.1. The van der Waals surface area contributed by atoms with Gasteiger partial charge in [-0.15, -0.1) is 12.4 Å². The van der Waals surface area contributed by atoms with Crippen molar-refractivity contribution in [2.75, 3.05) is 67.2 Å². The number of hydrogen-bond donors (Lipinski definition) is 3. The maximum Gasteiger partial charge on any atom is 0.254 e. The number of carbonyl (C=O) groups excluding carboxylic acids is 3. The molecule has 4 unspecified atom stereocenters. The van der Waals surface area contributed by atoms with Gasteiger partial charge < -0.3 is 40.6 Å². The molecule has 4 atom stereocenters. The van der Waals surface area contributed by atoms with E-state index in [9.17, 15) is 18.8 Å². The number of nitrogens with two attached hydrogens (primary N) is 2. The topological polar surface area (TPSA) is 159 Å². The fourth-order valence-electron chi connectivity index (χ4n) is 7.98. The van der Waals surface area contributed by atoms with Crippen LogP contribution < -0.4 is 31.0 Å². The zero-order valence-electron chi connectivity index (χ0n) is 30.8. The lowest BCUT2D eigenvalue weighted by Gasteiger charge is -2.52. The number of likely N-dealkylation sites (tertiary alicyclic amines) is 2. The number of ether oxygens (including phenoxy) is 4. The third-order valence-electron chi connectivity index (χ3n) is 10.8. The van der Waals surface area contributed by atoms with Crippen molar-refractivity contribution < 1.29 is 37.7 Å². The molecule has 5 N–H and O–H groups in total. The molecule has 6 rings (SSSR count). The van der Waals surface area contributed by atoms with E-state index in [1.807, 2.05) is 47.4 Å². The lowest BCUT2D eigenvalue weighted by atomic mass is 9.61. The Morgan fingerprint density at radius 2 is 1.58 bits per heavy atom. The van der Waals surface area contributed by atoms with Gasteiger partial charge in [-0.3, -0.25) is 19.3 Å². The molecule has 0 aromatic heterocycles. The minimum atomic E-state index is -0.862. The molecule has 3 aliphatic rings. The zero-order chi connectivity index (χ0) is 37.5. The number of hydrogen-bond acceptors (Lipinski definition) is 9. The first-order valence-electron chi connectivity index (χ1n) is 17.6. The Morgan fingerprint density at radius 1 is 0.925 bits per heavy atom. The molecular weight excluding hydrogens is 705 g/mol. The molecule has 14 heteroatoms. The van der Waals surface area contributed by atoms with Crippen molar-refractivity contribution in [2.45, 2.75) is 49.2 Å². The Labute approximate surface area is 316 Å². The molecule has 3 aliphatic heterocycles. The number of nitrogens with one attached hydrogen (secondary N) is 1. The van der Waals surface area contributed by atoms with Crippen molar-refractivity contribution in [3.63, 3.8) is 0 Å². The summed E-state index contributed by atoms with van der Waals surface area (Å²) in [7, 11) is 4.55. The molecule has 12 nitrogen and oxygen atoms in total. The highest BCUT2D eigenvalue weighted by Gasteiger charge is 2.55. The molecule has 3 saturated heterocycles. The summed E-state index contributed by atoms with van der Waals surface area (Å²) in [5.41, 5.74) is 12.0. The molecule has 0 aliphatic carbocycles. The summed E-state index contributed by atoms with van der Waals surface area (Å²) in [6.07, 6.45) is 1.31. The van der Waals surface area contributed by atoms with Gasteiger partial charge in [0.25, 0.3) is 5.91 Å². The highest BCUT2D eigenvalue weighted by molar-refractivity contribution is 5.96. The number of halogens is 2. The summed E-state index contributed by atoms with van der Waals surface area (Å²) >= 11 is 0. The van der Waals surface area contributed by atoms with Crippen molar-refractivity contribution in [3.05, 3.63) is 89.2 Å². The van der Waals surface area contributed by atoms with Crippen LogP contribution in [0.3, 0.4) is 0 Å². The number of amides is 3. The molecule has 3 aromatic rings. The van der Waals surface area contributed by atoms with Crippen LogP contribution in [0.4, 0.5) is 4.39 Å². The summed E-state index contributed by atoms with van der Waals surface area (Å²) in [5, 5.41) is 2.99. The van der Waals surface area contributed by atoms with Crippen LogP contribution in [0.1, 0.15) is 47.7 Å². The molecule has 53 heavy (non-hydrogen) atoms. The minimum Gasteiger partial charge on any atom is -0.493 e. The summed E-state index contributed by atoms with van der Waals surface area (Å²) in [6.45, 7) is 6.35. The van der Waals surface area contributed by atoms with Gasteiger partial charge >= 0.3 is 0 Å². The van der Waals surface area contributed by atoms with Crippen molar-refractivity contribution >= 4 is 30.1 Å². The lowest BCUT2D eigenvalue weighted by Crippen LogP contribution is -2.61. The van der Waals surface area contributed by atoms with Gasteiger partial charge in [0, 0.05) is 43.2 Å². The summed E-state index contributed by atoms with van der Waals surface area (Å²) < 4.78 is 35.7. The Hall–Kier alpha value is -4.43. The van der Waals surface area contributed by atoms with Gasteiger partial charge in [0.15, 0.2) is 11.5 Å². The minimum absolute atomic E-state index is 0. The predicted octanol–water partition coefficient (Wildman–Crippen LogP) is 3.42. The van der Waals surface area contributed by atoms with Crippen LogP contribution in [-0.2, 0) is 25.2 Å². The van der Waals surface area contributed by atoms with Gasteiger partial charge in [0.05, 0.1) is 33.4 Å². The molecule has 0 radical (unpaired) electrons. The second-order valence-corrected chi connectivity index (χ2v) is 13.4. The van der Waals surface area contributed by atoms with Crippen molar-refractivity contribution in [3.8, 4) is 17.2 Å². The molecular formula is C39H51ClFN5O7. The van der Waals surface area contributed by atoms with Crippen LogP contribution in [0.25, 0.3) is 0 Å². The van der Waals surface area contributed by atoms with E-state index in [2.05, 4.69) is 17.1 Å². The fraction of sp³-hybridized carbons (Fsp3) is 0.462. The molecule has 3 amide bonds. The van der Waals surface area contributed by atoms with E-state index < -0.39 is 16.9 Å². The molecule has 0 saturated carbocycles. The normalized spacial score (nSPS) is 24.2.